The molecule has 0 atom stereocenters. The molecule has 7 nitrogen and oxygen atoms in total. The number of sulfonamides is 1. The zero-order valence-corrected chi connectivity index (χ0v) is 13.4. The standard InChI is InChI=1S/C14H11ClN2O5S/c1-9(18)11-7-6-10(8-12(11)15)16-23(21,22)14-5-3-2-4-13(14)17(19)20/h2-8,18H,1H3/p+1. The number of hydrogen-bond acceptors (Lipinski definition) is 5. The normalized spacial score (nSPS) is 18.7. The van der Waals surface area contributed by atoms with Crippen LogP contribution in [0.25, 0.3) is 0 Å². The number of nitrogens with one attached hydrogen (secondary N) is 1. The first kappa shape index (κ1) is 16.9. The molecule has 1 aliphatic carbocycles. The maximum Gasteiger partial charge on any atom is 0.400 e. The van der Waals surface area contributed by atoms with Crippen LogP contribution in [0.5, 0.6) is 0 Å². The van der Waals surface area contributed by atoms with Crippen LogP contribution in [0.4, 0.5) is 5.69 Å². The summed E-state index contributed by atoms with van der Waals surface area (Å²) in [5, 5.41) is 20.5. The molecule has 0 fully saturated rings. The highest BCUT2D eigenvalue weighted by Gasteiger charge is 2.30. The molecule has 0 radical (unpaired) electrons. The van der Waals surface area contributed by atoms with Crippen molar-refractivity contribution in [2.24, 2.45) is 0 Å². The first-order chi connectivity index (χ1) is 10.7. The Labute approximate surface area is 137 Å². The van der Waals surface area contributed by atoms with Crippen LogP contribution in [-0.4, -0.2) is 24.2 Å². The number of hydrogen-bond donors (Lipinski definition) is 2. The van der Waals surface area contributed by atoms with Crippen LogP contribution in [0.15, 0.2) is 63.8 Å². The summed E-state index contributed by atoms with van der Waals surface area (Å²) in [4.78, 5) is 9.74. The average molecular weight is 356 g/mol. The Kier molecular flexibility index (Phi) is 4.67. The molecule has 1 aliphatic rings. The number of halogens is 1. The Morgan fingerprint density at radius 2 is 1.96 bits per heavy atom. The van der Waals surface area contributed by atoms with Gasteiger partial charge in [-0.1, -0.05) is 23.7 Å². The molecule has 1 aromatic rings. The second-order valence-electron chi connectivity index (χ2n) is 4.61. The molecule has 23 heavy (non-hydrogen) atoms. The Balaban J connectivity index is 2.51. The van der Waals surface area contributed by atoms with Crippen LogP contribution >= 0.6 is 11.6 Å². The van der Waals surface area contributed by atoms with E-state index in [-0.39, 0.29) is 16.5 Å². The fourth-order valence-corrected chi connectivity index (χ4v) is 3.46. The van der Waals surface area contributed by atoms with E-state index in [4.69, 9.17) is 11.6 Å². The van der Waals surface area contributed by atoms with Gasteiger partial charge in [-0.3, -0.25) is 10.1 Å². The molecule has 0 spiro atoms. The lowest BCUT2D eigenvalue weighted by Gasteiger charge is -2.05. The first-order valence-corrected chi connectivity index (χ1v) is 8.17. The quantitative estimate of drug-likeness (QED) is 0.482. The second-order valence-corrected chi connectivity index (χ2v) is 6.67. The molecule has 0 aromatic heterocycles. The van der Waals surface area contributed by atoms with E-state index in [1.54, 1.807) is 0 Å². The molecule has 0 saturated carbocycles. The van der Waals surface area contributed by atoms with Crippen molar-refractivity contribution in [2.75, 3.05) is 0 Å². The lowest BCUT2D eigenvalue weighted by molar-refractivity contribution is -0.388. The van der Waals surface area contributed by atoms with Crippen molar-refractivity contribution in [2.45, 2.75) is 11.8 Å². The maximum atomic E-state index is 12.3. The smallest absolute Gasteiger partial charge is 0.400 e. The number of allylic oxidation sites excluding steroid dienone is 6. The summed E-state index contributed by atoms with van der Waals surface area (Å²) >= 11 is 5.96. The Hall–Kier alpha value is -2.45. The van der Waals surface area contributed by atoms with E-state index in [1.165, 1.54) is 37.3 Å². The van der Waals surface area contributed by atoms with E-state index in [0.717, 1.165) is 12.1 Å². The lowest BCUT2D eigenvalue weighted by atomic mass is 10.1. The van der Waals surface area contributed by atoms with Crippen LogP contribution in [0, 0.1) is 10.1 Å². The monoisotopic (exact) mass is 355 g/mol. The molecule has 1 aromatic carbocycles. The molecule has 120 valence electrons. The molecule has 0 saturated heterocycles. The van der Waals surface area contributed by atoms with E-state index in [9.17, 15) is 23.6 Å². The number of nitro groups is 1. The van der Waals surface area contributed by atoms with Gasteiger partial charge in [0, 0.05) is 23.8 Å². The van der Waals surface area contributed by atoms with Crippen LogP contribution in [-0.2, 0) is 10.0 Å². The van der Waals surface area contributed by atoms with Crippen LogP contribution in [0.2, 0.25) is 0 Å². The summed E-state index contributed by atoms with van der Waals surface area (Å²) in [6, 6.07) is 5.02. The van der Waals surface area contributed by atoms with Gasteiger partial charge in [0.25, 0.3) is 5.69 Å². The molecule has 2 N–H and O–H groups in total. The summed E-state index contributed by atoms with van der Waals surface area (Å²) in [5.74, 6) is -0.0110. The molecule has 0 bridgehead atoms. The zero-order valence-electron chi connectivity index (χ0n) is 11.9. The molecule has 0 unspecified atom stereocenters. The van der Waals surface area contributed by atoms with Gasteiger partial charge in [0.15, 0.2) is 0 Å². The van der Waals surface area contributed by atoms with Gasteiger partial charge in [0.05, 0.1) is 15.7 Å². The van der Waals surface area contributed by atoms with Gasteiger partial charge in [-0.15, -0.1) is 4.40 Å². The van der Waals surface area contributed by atoms with Crippen LogP contribution < -0.4 is 4.40 Å². The van der Waals surface area contributed by atoms with Crippen molar-refractivity contribution in [3.05, 3.63) is 69.0 Å². The third kappa shape index (κ3) is 3.66. The third-order valence-corrected chi connectivity index (χ3v) is 4.70. The maximum absolute atomic E-state index is 12.3. The summed E-state index contributed by atoms with van der Waals surface area (Å²) < 4.78 is 26.9. The van der Waals surface area contributed by atoms with Gasteiger partial charge < -0.3 is 5.11 Å². The average Bonchev–Trinajstić information content (AvgIpc) is 2.46. The highest BCUT2D eigenvalue weighted by molar-refractivity contribution is 7.85. The predicted molar refractivity (Wildman–Crippen MR) is 84.7 cm³/mol. The van der Waals surface area contributed by atoms with E-state index in [0.29, 0.717) is 5.57 Å². The number of aliphatic hydroxyl groups is 1. The molecule has 9 heteroatoms. The minimum atomic E-state index is -4.16. The molecule has 0 heterocycles. The highest BCUT2D eigenvalue weighted by Crippen LogP contribution is 2.23. The minimum Gasteiger partial charge on any atom is -0.512 e. The molecule has 0 amide bonds. The van der Waals surface area contributed by atoms with Gasteiger partial charge in [0.1, 0.15) is 0 Å². The fraction of sp³-hybridized carbons (Fsp3) is 0.0714. The van der Waals surface area contributed by atoms with E-state index < -0.39 is 25.5 Å². The Bertz CT molecular complexity index is 893. The third-order valence-electron chi connectivity index (χ3n) is 2.96. The number of benzene rings is 1. The van der Waals surface area contributed by atoms with Gasteiger partial charge >= 0.3 is 10.0 Å². The van der Waals surface area contributed by atoms with E-state index in [2.05, 4.69) is 4.40 Å². The SMILES string of the molecule is CC(O)=C1C=CC(=[NH+]S(=O)(=O)c2ccccc2[N+](=O)[O-])C=C1Cl. The highest BCUT2D eigenvalue weighted by atomic mass is 35.5. The number of para-hydroxylation sites is 1. The minimum absolute atomic E-state index is 0.0110. The van der Waals surface area contributed by atoms with E-state index in [1.807, 2.05) is 0 Å². The summed E-state index contributed by atoms with van der Waals surface area (Å²) in [7, 11) is -4.16. The summed E-state index contributed by atoms with van der Waals surface area (Å²) in [6.07, 6.45) is 4.14. The number of aliphatic hydroxyl groups excluding tert-OH is 1. The Morgan fingerprint density at radius 1 is 1.30 bits per heavy atom. The molecular formula is C14H12ClN2O5S+. The Morgan fingerprint density at radius 3 is 2.52 bits per heavy atom. The second kappa shape index (κ2) is 6.35. The predicted octanol–water partition coefficient (Wildman–Crippen LogP) is 1.33. The van der Waals surface area contributed by atoms with Crippen molar-refractivity contribution < 1.29 is 22.8 Å². The van der Waals surface area contributed by atoms with Gasteiger partial charge in [-0.05, 0) is 19.1 Å². The largest absolute Gasteiger partial charge is 0.512 e. The van der Waals surface area contributed by atoms with Gasteiger partial charge in [0.2, 0.25) is 10.6 Å². The van der Waals surface area contributed by atoms with Crippen molar-refractivity contribution >= 4 is 33.0 Å². The molecular weight excluding hydrogens is 344 g/mol. The lowest BCUT2D eigenvalue weighted by Crippen LogP contribution is -2.76. The molecule has 2 rings (SSSR count). The van der Waals surface area contributed by atoms with Crippen molar-refractivity contribution in [1.82, 2.24) is 0 Å². The zero-order chi connectivity index (χ0) is 17.2. The fourth-order valence-electron chi connectivity index (χ4n) is 1.92. The number of rotatable bonds is 3. The summed E-state index contributed by atoms with van der Waals surface area (Å²) in [5.41, 5.74) is -0.0410. The van der Waals surface area contributed by atoms with Crippen molar-refractivity contribution in [1.29, 1.82) is 0 Å². The van der Waals surface area contributed by atoms with Crippen molar-refractivity contribution in [3.8, 4) is 0 Å². The van der Waals surface area contributed by atoms with Crippen LogP contribution in [0.1, 0.15) is 6.92 Å². The van der Waals surface area contributed by atoms with Gasteiger partial charge in [-0.2, -0.15) is 8.42 Å². The van der Waals surface area contributed by atoms with E-state index >= 15 is 0 Å². The first-order valence-electron chi connectivity index (χ1n) is 6.31. The van der Waals surface area contributed by atoms with Gasteiger partial charge in [-0.25, -0.2) is 0 Å². The topological polar surface area (TPSA) is 111 Å². The number of nitro benzene ring substituents is 1. The number of nitrogens with zero attached hydrogens (tertiary/aromatic N) is 1. The molecule has 0 aliphatic heterocycles. The summed E-state index contributed by atoms with van der Waals surface area (Å²) in [6.45, 7) is 1.44. The van der Waals surface area contributed by atoms with Crippen molar-refractivity contribution in [3.63, 3.8) is 0 Å². The van der Waals surface area contributed by atoms with Crippen LogP contribution in [0.3, 0.4) is 0 Å².